The molecule has 1 fully saturated rings. The van der Waals surface area contributed by atoms with Crippen LogP contribution < -0.4 is 15.5 Å². The molecule has 0 saturated carbocycles. The number of hydrogen-bond donors (Lipinski definition) is 2. The van der Waals surface area contributed by atoms with Gasteiger partial charge in [-0.3, -0.25) is 14.4 Å². The number of thiazole rings is 1. The lowest BCUT2D eigenvalue weighted by Gasteiger charge is -2.17. The van der Waals surface area contributed by atoms with Crippen molar-refractivity contribution in [1.29, 1.82) is 0 Å². The summed E-state index contributed by atoms with van der Waals surface area (Å²) in [7, 11) is 0. The lowest BCUT2D eigenvalue weighted by Crippen LogP contribution is -2.28. The van der Waals surface area contributed by atoms with Crippen molar-refractivity contribution in [2.75, 3.05) is 16.8 Å². The second kappa shape index (κ2) is 9.50. The van der Waals surface area contributed by atoms with Crippen LogP contribution >= 0.6 is 11.3 Å². The molecular formula is C24H23FN4O3S. The van der Waals surface area contributed by atoms with E-state index in [1.807, 2.05) is 36.6 Å². The molecule has 2 aromatic carbocycles. The molecule has 1 saturated heterocycles. The molecule has 1 aliphatic heterocycles. The normalized spacial score (nSPS) is 16.5. The Balaban J connectivity index is 1.40. The highest BCUT2D eigenvalue weighted by Crippen LogP contribution is 2.30. The average molecular weight is 467 g/mol. The maximum absolute atomic E-state index is 14.1. The quantitative estimate of drug-likeness (QED) is 0.571. The highest BCUT2D eigenvalue weighted by Gasteiger charge is 2.36. The zero-order valence-corrected chi connectivity index (χ0v) is 19.0. The first-order valence-corrected chi connectivity index (χ1v) is 11.4. The molecule has 0 aliphatic carbocycles. The molecule has 3 aromatic rings. The number of rotatable bonds is 6. The van der Waals surface area contributed by atoms with E-state index < -0.39 is 11.7 Å². The number of aromatic nitrogens is 1. The van der Waals surface area contributed by atoms with Crippen LogP contribution in [0.25, 0.3) is 11.3 Å². The Labute approximate surface area is 194 Å². The fraction of sp³-hybridized carbons (Fsp3) is 0.250. The van der Waals surface area contributed by atoms with Gasteiger partial charge in [0.25, 0.3) is 0 Å². The van der Waals surface area contributed by atoms with Crippen molar-refractivity contribution in [3.05, 3.63) is 65.3 Å². The molecule has 0 spiro atoms. The van der Waals surface area contributed by atoms with Crippen molar-refractivity contribution in [1.82, 2.24) is 10.3 Å². The molecule has 9 heteroatoms. The Morgan fingerprint density at radius 3 is 2.61 bits per heavy atom. The van der Waals surface area contributed by atoms with Crippen LogP contribution in [0, 0.1) is 11.7 Å². The minimum atomic E-state index is -0.584. The number of hydrogen-bond acceptors (Lipinski definition) is 5. The van der Waals surface area contributed by atoms with E-state index in [-0.39, 0.29) is 42.4 Å². The van der Waals surface area contributed by atoms with Gasteiger partial charge in [0.1, 0.15) is 5.82 Å². The van der Waals surface area contributed by atoms with Gasteiger partial charge in [-0.2, -0.15) is 0 Å². The first-order valence-electron chi connectivity index (χ1n) is 10.5. The van der Waals surface area contributed by atoms with Crippen LogP contribution in [0.3, 0.4) is 0 Å². The molecule has 0 bridgehead atoms. The molecule has 2 atom stereocenters. The van der Waals surface area contributed by atoms with Gasteiger partial charge in [-0.25, -0.2) is 9.37 Å². The Bertz CT molecular complexity index is 1190. The van der Waals surface area contributed by atoms with Crippen LogP contribution in [0.1, 0.15) is 31.9 Å². The van der Waals surface area contributed by atoms with Gasteiger partial charge in [0.15, 0.2) is 5.13 Å². The summed E-state index contributed by atoms with van der Waals surface area (Å²) in [5.74, 6) is -1.77. The van der Waals surface area contributed by atoms with Crippen LogP contribution in [0.5, 0.6) is 0 Å². The Morgan fingerprint density at radius 2 is 1.91 bits per heavy atom. The Kier molecular flexibility index (Phi) is 6.50. The van der Waals surface area contributed by atoms with Gasteiger partial charge < -0.3 is 15.5 Å². The van der Waals surface area contributed by atoms with E-state index in [4.69, 9.17) is 0 Å². The van der Waals surface area contributed by atoms with Crippen LogP contribution in [-0.2, 0) is 14.4 Å². The number of carbonyl (C=O) groups is 3. The first-order chi connectivity index (χ1) is 15.8. The van der Waals surface area contributed by atoms with Gasteiger partial charge in [0.05, 0.1) is 23.3 Å². The van der Waals surface area contributed by atoms with Crippen molar-refractivity contribution in [3.8, 4) is 11.3 Å². The smallest absolute Gasteiger partial charge is 0.231 e. The summed E-state index contributed by atoms with van der Waals surface area (Å²) in [6.07, 6.45) is 0.0202. The van der Waals surface area contributed by atoms with Crippen molar-refractivity contribution < 1.29 is 18.8 Å². The average Bonchev–Trinajstić information content (AvgIpc) is 3.40. The molecule has 33 heavy (non-hydrogen) atoms. The van der Waals surface area contributed by atoms with E-state index in [2.05, 4.69) is 15.6 Å². The van der Waals surface area contributed by atoms with Crippen LogP contribution in [-0.4, -0.2) is 29.3 Å². The lowest BCUT2D eigenvalue weighted by molar-refractivity contribution is -0.122. The van der Waals surface area contributed by atoms with E-state index in [9.17, 15) is 18.8 Å². The second-order valence-corrected chi connectivity index (χ2v) is 8.79. The summed E-state index contributed by atoms with van der Waals surface area (Å²) in [4.78, 5) is 42.1. The molecule has 1 aromatic heterocycles. The number of anilines is 2. The summed E-state index contributed by atoms with van der Waals surface area (Å²) < 4.78 is 14.1. The van der Waals surface area contributed by atoms with Gasteiger partial charge in [-0.1, -0.05) is 36.4 Å². The molecule has 0 radical (unpaired) electrons. The summed E-state index contributed by atoms with van der Waals surface area (Å²) in [5.41, 5.74) is 2.76. The fourth-order valence-electron chi connectivity index (χ4n) is 3.79. The number of amides is 3. The van der Waals surface area contributed by atoms with Gasteiger partial charge in [0.2, 0.25) is 17.7 Å². The van der Waals surface area contributed by atoms with Crippen LogP contribution in [0.4, 0.5) is 15.2 Å². The van der Waals surface area contributed by atoms with E-state index in [0.717, 1.165) is 11.1 Å². The molecular weight excluding hydrogens is 443 g/mol. The minimum Gasteiger partial charge on any atom is -0.350 e. The van der Waals surface area contributed by atoms with Crippen molar-refractivity contribution >= 4 is 39.9 Å². The molecule has 2 heterocycles. The zero-order chi connectivity index (χ0) is 23.5. The molecule has 4 rings (SSSR count). The maximum atomic E-state index is 14.1. The second-order valence-electron chi connectivity index (χ2n) is 7.93. The topological polar surface area (TPSA) is 91.4 Å². The molecule has 3 amide bonds. The third kappa shape index (κ3) is 5.09. The number of nitrogens with zero attached hydrogens (tertiary/aromatic N) is 2. The van der Waals surface area contributed by atoms with Gasteiger partial charge in [0, 0.05) is 30.8 Å². The number of benzene rings is 2. The van der Waals surface area contributed by atoms with E-state index >= 15 is 0 Å². The summed E-state index contributed by atoms with van der Waals surface area (Å²) in [6.45, 7) is 3.51. The van der Waals surface area contributed by atoms with E-state index in [1.165, 1.54) is 35.3 Å². The predicted octanol–water partition coefficient (Wildman–Crippen LogP) is 4.14. The summed E-state index contributed by atoms with van der Waals surface area (Å²) >= 11 is 1.29. The largest absolute Gasteiger partial charge is 0.350 e. The minimum absolute atomic E-state index is 0.0202. The molecule has 7 nitrogen and oxygen atoms in total. The van der Waals surface area contributed by atoms with E-state index in [0.29, 0.717) is 10.8 Å². The SMILES string of the molecule is CC(=O)NC(C)c1ccc(-c2csc(NC(=O)C3CC(=O)N(c4ccccc4F)C3)n2)cc1. The number of carbonyl (C=O) groups excluding carboxylic acids is 3. The molecule has 170 valence electrons. The first kappa shape index (κ1) is 22.6. The highest BCUT2D eigenvalue weighted by molar-refractivity contribution is 7.14. The third-order valence-electron chi connectivity index (χ3n) is 5.50. The van der Waals surface area contributed by atoms with Crippen molar-refractivity contribution in [3.63, 3.8) is 0 Å². The van der Waals surface area contributed by atoms with Crippen LogP contribution in [0.15, 0.2) is 53.9 Å². The maximum Gasteiger partial charge on any atom is 0.231 e. The fourth-order valence-corrected chi connectivity index (χ4v) is 4.51. The zero-order valence-electron chi connectivity index (χ0n) is 18.2. The van der Waals surface area contributed by atoms with E-state index in [1.54, 1.807) is 12.1 Å². The van der Waals surface area contributed by atoms with Crippen molar-refractivity contribution in [2.24, 2.45) is 5.92 Å². The number of para-hydroxylation sites is 1. The molecule has 2 unspecified atom stereocenters. The van der Waals surface area contributed by atoms with Gasteiger partial charge >= 0.3 is 0 Å². The number of nitrogens with one attached hydrogen (secondary N) is 2. The monoisotopic (exact) mass is 466 g/mol. The third-order valence-corrected chi connectivity index (χ3v) is 6.26. The van der Waals surface area contributed by atoms with Gasteiger partial charge in [-0.05, 0) is 24.6 Å². The lowest BCUT2D eigenvalue weighted by atomic mass is 10.1. The standard InChI is InChI=1S/C24H23FN4O3S/c1-14(26-15(2)30)16-7-9-17(10-8-16)20-13-33-24(27-20)28-23(32)18-11-22(31)29(12-18)21-6-4-3-5-19(21)25/h3-10,13-14,18H,11-12H2,1-2H3,(H,26,30)(H,27,28,32). The van der Waals surface area contributed by atoms with Crippen molar-refractivity contribution in [2.45, 2.75) is 26.3 Å². The molecule has 1 aliphatic rings. The summed E-state index contributed by atoms with van der Waals surface area (Å²) in [5, 5.41) is 7.90. The predicted molar refractivity (Wildman–Crippen MR) is 125 cm³/mol. The highest BCUT2D eigenvalue weighted by atomic mass is 32.1. The van der Waals surface area contributed by atoms with Crippen LogP contribution in [0.2, 0.25) is 0 Å². The Hall–Kier alpha value is -3.59. The Morgan fingerprint density at radius 1 is 1.18 bits per heavy atom. The van der Waals surface area contributed by atoms with Gasteiger partial charge in [-0.15, -0.1) is 11.3 Å². The summed E-state index contributed by atoms with van der Waals surface area (Å²) in [6, 6.07) is 13.6. The molecule has 2 N–H and O–H groups in total. The number of halogens is 1.